The predicted molar refractivity (Wildman–Crippen MR) is 533 cm³/mol. The molecule has 3 aromatic heterocycles. The van der Waals surface area contributed by atoms with Gasteiger partial charge in [0.1, 0.15) is 11.2 Å². The van der Waals surface area contributed by atoms with Gasteiger partial charge in [-0.3, -0.25) is 0 Å². The van der Waals surface area contributed by atoms with Gasteiger partial charge in [-0.1, -0.05) is 287 Å². The minimum absolute atomic E-state index is 0.00171. The molecule has 7 heteroatoms. The van der Waals surface area contributed by atoms with Crippen LogP contribution in [0, 0.1) is 17.8 Å². The Kier molecular flexibility index (Phi) is 14.5. The molecule has 4 aliphatic heterocycles. The summed E-state index contributed by atoms with van der Waals surface area (Å²) < 4.78 is 13.8. The average molecular weight is 1620 g/mol. The number of aromatic nitrogens is 2. The van der Waals surface area contributed by atoms with E-state index in [1.165, 1.54) is 221 Å². The van der Waals surface area contributed by atoms with Crippen LogP contribution in [0.15, 0.2) is 229 Å². The van der Waals surface area contributed by atoms with E-state index in [0.717, 1.165) is 48.2 Å². The van der Waals surface area contributed by atoms with Gasteiger partial charge in [0.05, 0.1) is 0 Å². The van der Waals surface area contributed by atoms with Crippen LogP contribution in [0.3, 0.4) is 0 Å². The first-order valence-corrected chi connectivity index (χ1v) is 48.5. The first-order valence-electron chi connectivity index (χ1n) is 48.5. The molecule has 0 amide bonds. The van der Waals surface area contributed by atoms with Crippen LogP contribution >= 0.6 is 0 Å². The largest absolute Gasteiger partial charge is 0.456 e. The van der Waals surface area contributed by atoms with Gasteiger partial charge in [0.15, 0.2) is 0 Å². The third kappa shape index (κ3) is 9.75. The molecule has 0 unspecified atom stereocenters. The summed E-state index contributed by atoms with van der Waals surface area (Å²) >= 11 is 0. The molecule has 3 nitrogen and oxygen atoms in total. The third-order valence-electron chi connectivity index (χ3n) is 36.7. The van der Waals surface area contributed by atoms with Crippen molar-refractivity contribution in [3.63, 3.8) is 0 Å². The van der Waals surface area contributed by atoms with Crippen molar-refractivity contribution in [2.75, 3.05) is 0 Å². The zero-order chi connectivity index (χ0) is 83.7. The molecular weight excluding hydrogens is 1500 g/mol. The zero-order valence-corrected chi connectivity index (χ0v) is 75.2. The van der Waals surface area contributed by atoms with Crippen LogP contribution in [-0.4, -0.2) is 36.0 Å². The maximum absolute atomic E-state index is 7.93. The molecule has 13 aromatic carbocycles. The fourth-order valence-electron chi connectivity index (χ4n) is 30.9. The Hall–Kier alpha value is -10.5. The summed E-state index contributed by atoms with van der Waals surface area (Å²) in [4.78, 5) is 0. The van der Waals surface area contributed by atoms with E-state index in [-0.39, 0.29) is 64.8 Å². The quantitative estimate of drug-likeness (QED) is 0.139. The standard InChI is InChI=1S/C118H110B4N2O/c1-112(2)45-48-115(7,8)97-89(112)60-86-87-61-90-98(116(9,10)49-46-113(90,3)4)102-107(87)123-106(86)101(97)120(80-40-35-70(36-41-80)69-23-16-13-17-24-69)92-56-77(118-63-66-51-67(64-118)53-68(52-66)65-118)57-93(109(92)123)121(102)81-42-37-71(38-43-81)74-25-22-26-75(54-74)76-39-44-82-88-62-94-110-104(111(88)125-95(82)55-76)122(79-29-20-15-21-30-79)103-99-91(114(5,6)47-50-117(99,11)12)59-85-84-58-83-72-31-33-73(34-32-72)96(83)100(105(84)124(110)108(85)103)119(94)78-27-18-14-19-28-78/h13-30,35-44,54-62,66-68,72-73H,31-34,45-53,63-65H2,1-12H3. The normalized spacial score (nSPS) is 23.6. The highest BCUT2D eigenvalue weighted by Crippen LogP contribution is 2.62. The Morgan fingerprint density at radius 3 is 1.21 bits per heavy atom. The molecule has 16 aromatic rings. The van der Waals surface area contributed by atoms with E-state index in [4.69, 9.17) is 4.42 Å². The lowest BCUT2D eigenvalue weighted by Crippen LogP contribution is -2.66. The molecule has 5 saturated carbocycles. The molecular formula is C118H110B4N2O. The lowest BCUT2D eigenvalue weighted by atomic mass is 9.29. The van der Waals surface area contributed by atoms with E-state index < -0.39 is 0 Å². The Bertz CT molecular complexity index is 7480. The highest BCUT2D eigenvalue weighted by molar-refractivity contribution is 7.04. The van der Waals surface area contributed by atoms with Gasteiger partial charge in [0, 0.05) is 65.8 Å². The number of hydrogen-bond acceptors (Lipinski definition) is 1. The van der Waals surface area contributed by atoms with Crippen molar-refractivity contribution in [2.45, 2.75) is 236 Å². The van der Waals surface area contributed by atoms with Crippen molar-refractivity contribution in [3.05, 3.63) is 275 Å². The minimum Gasteiger partial charge on any atom is -0.456 e. The Morgan fingerprint density at radius 1 is 0.304 bits per heavy atom. The Balaban J connectivity index is 0.642. The second kappa shape index (κ2) is 24.6. The monoisotopic (exact) mass is 1610 g/mol. The highest BCUT2D eigenvalue weighted by atomic mass is 16.3. The van der Waals surface area contributed by atoms with Crippen LogP contribution in [0.25, 0.3) is 110 Å². The van der Waals surface area contributed by atoms with Gasteiger partial charge in [0.2, 0.25) is 20.1 Å². The Labute approximate surface area is 738 Å². The first kappa shape index (κ1) is 73.7. The summed E-state index contributed by atoms with van der Waals surface area (Å²) in [5.41, 5.74) is 50.3. The molecule has 0 N–H and O–H groups in total. The fraction of sp³-hybridized carbons (Fsp3) is 0.339. The van der Waals surface area contributed by atoms with Crippen LogP contribution in [0.5, 0.6) is 0 Å². The molecule has 7 heterocycles. The van der Waals surface area contributed by atoms with Crippen molar-refractivity contribution in [2.24, 2.45) is 17.8 Å². The van der Waals surface area contributed by atoms with Gasteiger partial charge in [-0.05, 0) is 340 Å². The molecule has 5 fully saturated rings. The van der Waals surface area contributed by atoms with E-state index in [1.54, 1.807) is 77.4 Å². The van der Waals surface area contributed by atoms with Gasteiger partial charge in [-0.2, -0.15) is 0 Å². The van der Waals surface area contributed by atoms with Crippen molar-refractivity contribution in [3.8, 4) is 44.8 Å². The maximum Gasteiger partial charge on any atom is 0.252 e. The molecule has 125 heavy (non-hydrogen) atoms. The lowest BCUT2D eigenvalue weighted by molar-refractivity contribution is -0.00512. The molecule has 6 bridgehead atoms. The Morgan fingerprint density at radius 2 is 0.688 bits per heavy atom. The van der Waals surface area contributed by atoms with E-state index in [0.29, 0.717) is 11.8 Å². The lowest BCUT2D eigenvalue weighted by Gasteiger charge is -2.57. The molecule has 14 aliphatic rings. The number of fused-ring (bicyclic) bond motifs is 14. The van der Waals surface area contributed by atoms with E-state index in [2.05, 4.69) is 317 Å². The number of rotatable bonds is 8. The third-order valence-corrected chi connectivity index (χ3v) is 36.7. The summed E-state index contributed by atoms with van der Waals surface area (Å²) in [5.74, 6) is 3.62. The van der Waals surface area contributed by atoms with Gasteiger partial charge in [-0.25, -0.2) is 0 Å². The zero-order valence-electron chi connectivity index (χ0n) is 75.2. The smallest absolute Gasteiger partial charge is 0.252 e. The molecule has 0 spiro atoms. The van der Waals surface area contributed by atoms with Crippen LogP contribution in [0.1, 0.15) is 248 Å². The second-order valence-corrected chi connectivity index (χ2v) is 46.4. The summed E-state index contributed by atoms with van der Waals surface area (Å²) in [5, 5.41) is 8.27. The van der Waals surface area contributed by atoms with Crippen molar-refractivity contribution < 1.29 is 4.42 Å². The number of furan rings is 1. The number of benzene rings is 13. The summed E-state index contributed by atoms with van der Waals surface area (Å²) in [6, 6.07) is 91.2. The van der Waals surface area contributed by atoms with Crippen LogP contribution in [0.4, 0.5) is 0 Å². The van der Waals surface area contributed by atoms with Crippen LogP contribution in [-0.2, 0) is 37.9 Å². The van der Waals surface area contributed by atoms with Gasteiger partial charge >= 0.3 is 0 Å². The first-order chi connectivity index (χ1) is 60.4. The summed E-state index contributed by atoms with van der Waals surface area (Å²) in [7, 11) is 0. The predicted octanol–water partition coefficient (Wildman–Crippen LogP) is 21.4. The molecule has 610 valence electrons. The SMILES string of the molecule is CC1(C)CCC(C)(C)c2c1cc1c3cc4c(c5c3n3c1c2B(c1ccccc1)c1c-3c(cc2c1oc1cc(-c3cccc(-c6ccc(B7c8cc(C9%10CC%11CC(CC(C%11)C9)C%10)cc9c8-n8c%10c(c%11c(cc%10c%10cc%12c(c7c%108)C(C)(C)CCC%12(C)C)C(C)(C)CCC%11(C)C)B9c7ccc(-c8ccccc8)cc7)cc6)c3)ccc12)B5c1ccccc1)C1CCC4CC1. The average Bonchev–Trinajstić information content (AvgIpc) is 1.52. The van der Waals surface area contributed by atoms with Crippen LogP contribution < -0.4 is 65.6 Å². The van der Waals surface area contributed by atoms with Crippen molar-refractivity contribution in [1.82, 2.24) is 9.13 Å². The summed E-state index contributed by atoms with van der Waals surface area (Å²) in [6.45, 7) is 31.1. The number of hydrogen-bond donors (Lipinski definition) is 0. The van der Waals surface area contributed by atoms with Crippen molar-refractivity contribution >= 4 is 158 Å². The summed E-state index contributed by atoms with van der Waals surface area (Å²) in [6.07, 6.45) is 20.4. The second-order valence-electron chi connectivity index (χ2n) is 46.4. The van der Waals surface area contributed by atoms with Gasteiger partial charge in [0.25, 0.3) is 6.71 Å². The highest BCUT2D eigenvalue weighted by Gasteiger charge is 2.57. The molecule has 0 saturated heterocycles. The molecule has 0 atom stereocenters. The topological polar surface area (TPSA) is 23.0 Å². The number of nitrogens with zero attached hydrogens (tertiary/aromatic N) is 2. The van der Waals surface area contributed by atoms with Gasteiger partial charge < -0.3 is 13.6 Å². The molecule has 30 rings (SSSR count). The van der Waals surface area contributed by atoms with Crippen LogP contribution in [0.2, 0.25) is 0 Å². The fourth-order valence-corrected chi connectivity index (χ4v) is 30.9. The minimum atomic E-state index is -0.0663. The van der Waals surface area contributed by atoms with Gasteiger partial charge in [-0.15, -0.1) is 0 Å². The van der Waals surface area contributed by atoms with E-state index >= 15 is 0 Å². The maximum atomic E-state index is 7.93. The van der Waals surface area contributed by atoms with E-state index in [1.807, 2.05) is 0 Å². The molecule has 0 radical (unpaired) electrons. The van der Waals surface area contributed by atoms with E-state index in [9.17, 15) is 0 Å². The van der Waals surface area contributed by atoms with Crippen molar-refractivity contribution in [1.29, 1.82) is 0 Å². The molecule has 10 aliphatic carbocycles.